The lowest BCUT2D eigenvalue weighted by molar-refractivity contribution is -0.136. The third kappa shape index (κ3) is 4.35. The molecule has 1 atom stereocenters. The molecule has 0 radical (unpaired) electrons. The first-order valence-corrected chi connectivity index (χ1v) is 8.81. The van der Waals surface area contributed by atoms with E-state index in [1.807, 2.05) is 13.8 Å². The lowest BCUT2D eigenvalue weighted by atomic mass is 9.94. The largest absolute Gasteiger partial charge is 0.490 e. The molecule has 2 amide bonds. The van der Waals surface area contributed by atoms with E-state index in [1.165, 1.54) is 30.2 Å². The van der Waals surface area contributed by atoms with Gasteiger partial charge in [0.25, 0.3) is 0 Å². The van der Waals surface area contributed by atoms with E-state index < -0.39 is 18.6 Å². The number of hydrogen-bond acceptors (Lipinski definition) is 5. The van der Waals surface area contributed by atoms with Crippen LogP contribution in [0.5, 0.6) is 11.5 Å². The number of halogens is 2. The second-order valence-corrected chi connectivity index (χ2v) is 6.35. The molecule has 0 saturated carbocycles. The van der Waals surface area contributed by atoms with Gasteiger partial charge in [0.05, 0.1) is 25.3 Å². The number of amides is 2. The third-order valence-electron chi connectivity index (χ3n) is 4.27. The average molecular weight is 398 g/mol. The number of rotatable bonds is 7. The van der Waals surface area contributed by atoms with E-state index in [0.29, 0.717) is 11.3 Å². The topological polar surface area (TPSA) is 77.1 Å². The molecule has 7 nitrogen and oxygen atoms in total. The van der Waals surface area contributed by atoms with Crippen molar-refractivity contribution in [1.29, 1.82) is 0 Å². The molecule has 1 aromatic rings. The summed E-state index contributed by atoms with van der Waals surface area (Å²) in [5.74, 6) is -0.645. The van der Waals surface area contributed by atoms with Crippen molar-refractivity contribution in [3.8, 4) is 11.5 Å². The zero-order valence-corrected chi connectivity index (χ0v) is 16.4. The molecule has 9 heteroatoms. The number of hydrogen-bond donors (Lipinski definition) is 1. The zero-order valence-electron chi connectivity index (χ0n) is 16.4. The van der Waals surface area contributed by atoms with Gasteiger partial charge in [0.1, 0.15) is 0 Å². The molecular formula is C19H24F2N2O5. The number of methoxy groups -OCH3 is 1. The predicted molar refractivity (Wildman–Crippen MR) is 97.2 cm³/mol. The summed E-state index contributed by atoms with van der Waals surface area (Å²) in [4.78, 5) is 26.5. The normalized spacial score (nSPS) is 17.1. The Morgan fingerprint density at radius 3 is 2.50 bits per heavy atom. The van der Waals surface area contributed by atoms with E-state index in [9.17, 15) is 18.4 Å². The maximum absolute atomic E-state index is 12.6. The Bertz CT molecular complexity index is 780. The molecule has 0 saturated heterocycles. The van der Waals surface area contributed by atoms with Crippen LogP contribution in [0.1, 0.15) is 39.3 Å². The van der Waals surface area contributed by atoms with Crippen LogP contribution in [0.3, 0.4) is 0 Å². The Labute approximate surface area is 162 Å². The molecule has 0 spiro atoms. The molecular weight excluding hydrogens is 374 g/mol. The fraction of sp³-hybridized carbons (Fsp3) is 0.474. The first-order chi connectivity index (χ1) is 13.2. The lowest BCUT2D eigenvalue weighted by Crippen LogP contribution is -2.50. The third-order valence-corrected chi connectivity index (χ3v) is 4.27. The molecule has 0 aromatic heterocycles. The summed E-state index contributed by atoms with van der Waals surface area (Å²) in [6.45, 7) is 4.22. The van der Waals surface area contributed by atoms with E-state index >= 15 is 0 Å². The molecule has 0 bridgehead atoms. The number of alkyl halides is 2. The number of carbonyl (C=O) groups is 2. The smallest absolute Gasteiger partial charge is 0.387 e. The van der Waals surface area contributed by atoms with Gasteiger partial charge in [-0.05, 0) is 45.4 Å². The van der Waals surface area contributed by atoms with Crippen molar-refractivity contribution in [3.05, 3.63) is 35.0 Å². The van der Waals surface area contributed by atoms with E-state index in [4.69, 9.17) is 9.47 Å². The second-order valence-electron chi connectivity index (χ2n) is 6.35. The van der Waals surface area contributed by atoms with E-state index in [2.05, 4.69) is 10.1 Å². The number of esters is 1. The minimum absolute atomic E-state index is 0.0858. The summed E-state index contributed by atoms with van der Waals surface area (Å²) in [5, 5.41) is 2.77. The zero-order chi connectivity index (χ0) is 21.0. The summed E-state index contributed by atoms with van der Waals surface area (Å²) in [5.41, 5.74) is 1.18. The maximum atomic E-state index is 12.6. The highest BCUT2D eigenvalue weighted by atomic mass is 19.3. The molecule has 1 N–H and O–H groups in total. The number of ether oxygens (including phenoxy) is 3. The summed E-state index contributed by atoms with van der Waals surface area (Å²) in [6, 6.07) is 2.89. The van der Waals surface area contributed by atoms with Crippen molar-refractivity contribution in [2.45, 2.75) is 46.4 Å². The molecule has 0 fully saturated rings. The van der Waals surface area contributed by atoms with Crippen molar-refractivity contribution < 1.29 is 32.6 Å². The van der Waals surface area contributed by atoms with Crippen molar-refractivity contribution in [2.75, 3.05) is 13.7 Å². The maximum Gasteiger partial charge on any atom is 0.387 e. The molecule has 2 rings (SSSR count). The molecule has 1 aromatic carbocycles. The summed E-state index contributed by atoms with van der Waals surface area (Å²) < 4.78 is 40.0. The Balaban J connectivity index is 2.56. The fourth-order valence-corrected chi connectivity index (χ4v) is 3.17. The van der Waals surface area contributed by atoms with Crippen LogP contribution in [0.4, 0.5) is 13.6 Å². The van der Waals surface area contributed by atoms with Crippen LogP contribution in [0.2, 0.25) is 0 Å². The molecule has 0 unspecified atom stereocenters. The van der Waals surface area contributed by atoms with Crippen molar-refractivity contribution >= 4 is 12.0 Å². The predicted octanol–water partition coefficient (Wildman–Crippen LogP) is 3.61. The van der Waals surface area contributed by atoms with Crippen molar-refractivity contribution in [3.63, 3.8) is 0 Å². The van der Waals surface area contributed by atoms with Crippen LogP contribution < -0.4 is 14.8 Å². The Morgan fingerprint density at radius 2 is 1.96 bits per heavy atom. The highest BCUT2D eigenvalue weighted by Gasteiger charge is 2.37. The van der Waals surface area contributed by atoms with Gasteiger partial charge in [-0.2, -0.15) is 8.78 Å². The summed E-state index contributed by atoms with van der Waals surface area (Å²) in [6.07, 6.45) is 0. The molecule has 28 heavy (non-hydrogen) atoms. The minimum atomic E-state index is -3.01. The van der Waals surface area contributed by atoms with Crippen molar-refractivity contribution in [2.24, 2.45) is 0 Å². The number of urea groups is 1. The van der Waals surface area contributed by atoms with Crippen LogP contribution in [0.25, 0.3) is 0 Å². The average Bonchev–Trinajstić information content (AvgIpc) is 2.61. The van der Waals surface area contributed by atoms with Crippen molar-refractivity contribution in [1.82, 2.24) is 10.2 Å². The summed E-state index contributed by atoms with van der Waals surface area (Å²) >= 11 is 0. The first kappa shape index (κ1) is 21.5. The summed E-state index contributed by atoms with van der Waals surface area (Å²) in [7, 11) is 1.25. The SMILES string of the molecule is CCOc1cc([C@@H]2NC(=O)N(C(C)C)C(C)=C2C(=O)OC)ccc1OC(F)F. The van der Waals surface area contributed by atoms with E-state index in [1.54, 1.807) is 13.8 Å². The number of benzene rings is 1. The first-order valence-electron chi connectivity index (χ1n) is 8.81. The van der Waals surface area contributed by atoms with Crippen LogP contribution in [0, 0.1) is 0 Å². The minimum Gasteiger partial charge on any atom is -0.490 e. The molecule has 1 aliphatic heterocycles. The molecule has 1 heterocycles. The number of allylic oxidation sites excluding steroid dienone is 1. The Hall–Kier alpha value is -2.84. The second kappa shape index (κ2) is 8.90. The standard InChI is InChI=1S/C19H24F2N2O5/c1-6-27-14-9-12(7-8-13(14)28-18(20)21)16-15(17(24)26-5)11(4)23(10(2)3)19(25)22-16/h7-10,16,18H,6H2,1-5H3,(H,22,25)/t16-/m0/s1. The van der Waals surface area contributed by atoms with Gasteiger partial charge in [-0.1, -0.05) is 6.07 Å². The number of carbonyl (C=O) groups excluding carboxylic acids is 2. The molecule has 154 valence electrons. The number of nitrogens with zero attached hydrogens (tertiary/aromatic N) is 1. The van der Waals surface area contributed by atoms with Crippen LogP contribution in [-0.2, 0) is 9.53 Å². The Morgan fingerprint density at radius 1 is 1.29 bits per heavy atom. The quantitative estimate of drug-likeness (QED) is 0.710. The van der Waals surface area contributed by atoms with E-state index in [-0.39, 0.29) is 35.8 Å². The van der Waals surface area contributed by atoms with Gasteiger partial charge < -0.3 is 19.5 Å². The highest BCUT2D eigenvalue weighted by molar-refractivity contribution is 5.95. The number of nitrogens with one attached hydrogen (secondary N) is 1. The molecule has 0 aliphatic carbocycles. The molecule has 1 aliphatic rings. The van der Waals surface area contributed by atoms with Gasteiger partial charge in [-0.15, -0.1) is 0 Å². The van der Waals surface area contributed by atoms with Gasteiger partial charge in [0.2, 0.25) is 0 Å². The van der Waals surface area contributed by atoms with Crippen LogP contribution in [0.15, 0.2) is 29.5 Å². The van der Waals surface area contributed by atoms with Gasteiger partial charge in [0.15, 0.2) is 11.5 Å². The van der Waals surface area contributed by atoms with Gasteiger partial charge in [-0.3, -0.25) is 4.90 Å². The van der Waals surface area contributed by atoms with Crippen LogP contribution in [-0.4, -0.2) is 43.3 Å². The van der Waals surface area contributed by atoms with Gasteiger partial charge in [0, 0.05) is 11.7 Å². The monoisotopic (exact) mass is 398 g/mol. The van der Waals surface area contributed by atoms with E-state index in [0.717, 1.165) is 0 Å². The highest BCUT2D eigenvalue weighted by Crippen LogP contribution is 2.37. The fourth-order valence-electron chi connectivity index (χ4n) is 3.17. The van der Waals surface area contributed by atoms with Crippen LogP contribution >= 0.6 is 0 Å². The lowest BCUT2D eigenvalue weighted by Gasteiger charge is -2.37. The van der Waals surface area contributed by atoms with Gasteiger partial charge in [-0.25, -0.2) is 9.59 Å². The van der Waals surface area contributed by atoms with Gasteiger partial charge >= 0.3 is 18.6 Å². The Kier molecular flexibility index (Phi) is 6.82.